The molecule has 0 atom stereocenters. The molecule has 0 saturated carbocycles. The fourth-order valence-electron chi connectivity index (χ4n) is 1.67. The van der Waals surface area contributed by atoms with Crippen molar-refractivity contribution in [2.75, 3.05) is 0 Å². The van der Waals surface area contributed by atoms with Crippen molar-refractivity contribution in [3.63, 3.8) is 0 Å². The molecular weight excluding hydrogens is 339 g/mol. The lowest BCUT2D eigenvalue weighted by atomic mass is 10.1. The second kappa shape index (κ2) is 6.54. The Morgan fingerprint density at radius 3 is 2.71 bits per heavy atom. The maximum Gasteiger partial charge on any atom is 0.328 e. The zero-order valence-electron chi connectivity index (χ0n) is 11.1. The maximum atomic E-state index is 13.3. The van der Waals surface area contributed by atoms with E-state index in [0.29, 0.717) is 21.5 Å². The van der Waals surface area contributed by atoms with Gasteiger partial charge >= 0.3 is 5.97 Å². The highest BCUT2D eigenvalue weighted by Crippen LogP contribution is 2.32. The van der Waals surface area contributed by atoms with Crippen LogP contribution in [0.3, 0.4) is 0 Å². The molecular formula is C16H12BrFO3. The monoisotopic (exact) mass is 350 g/mol. The summed E-state index contributed by atoms with van der Waals surface area (Å²) in [6, 6.07) is 9.46. The van der Waals surface area contributed by atoms with Crippen LogP contribution in [0.15, 0.2) is 46.9 Å². The molecule has 2 aromatic carbocycles. The van der Waals surface area contributed by atoms with E-state index >= 15 is 0 Å². The van der Waals surface area contributed by atoms with Gasteiger partial charge in [0.25, 0.3) is 0 Å². The van der Waals surface area contributed by atoms with Crippen molar-refractivity contribution in [1.82, 2.24) is 0 Å². The van der Waals surface area contributed by atoms with Crippen LogP contribution in [0.25, 0.3) is 6.08 Å². The normalized spacial score (nSPS) is 10.8. The van der Waals surface area contributed by atoms with Gasteiger partial charge in [0, 0.05) is 12.1 Å². The van der Waals surface area contributed by atoms with Crippen molar-refractivity contribution in [1.29, 1.82) is 0 Å². The van der Waals surface area contributed by atoms with E-state index in [1.165, 1.54) is 18.2 Å². The molecule has 0 aliphatic heterocycles. The molecule has 1 N–H and O–H groups in total. The van der Waals surface area contributed by atoms with Crippen molar-refractivity contribution in [3.8, 4) is 11.5 Å². The highest BCUT2D eigenvalue weighted by atomic mass is 79.9. The van der Waals surface area contributed by atoms with Crippen LogP contribution in [0.1, 0.15) is 11.1 Å². The number of hydrogen-bond donors (Lipinski definition) is 1. The second-order valence-electron chi connectivity index (χ2n) is 4.37. The van der Waals surface area contributed by atoms with Crippen molar-refractivity contribution in [2.45, 2.75) is 6.92 Å². The summed E-state index contributed by atoms with van der Waals surface area (Å²) >= 11 is 3.30. The van der Waals surface area contributed by atoms with Gasteiger partial charge in [-0.05, 0) is 58.3 Å². The average molecular weight is 351 g/mol. The van der Waals surface area contributed by atoms with Crippen LogP contribution in [-0.4, -0.2) is 11.1 Å². The van der Waals surface area contributed by atoms with Crippen LogP contribution in [0, 0.1) is 12.7 Å². The third-order valence-electron chi connectivity index (χ3n) is 2.74. The van der Waals surface area contributed by atoms with Gasteiger partial charge in [-0.2, -0.15) is 0 Å². The highest BCUT2D eigenvalue weighted by molar-refractivity contribution is 9.10. The number of aliphatic carboxylic acids is 1. The molecule has 2 rings (SSSR count). The van der Waals surface area contributed by atoms with Crippen molar-refractivity contribution in [2.24, 2.45) is 0 Å². The van der Waals surface area contributed by atoms with Crippen LogP contribution >= 0.6 is 15.9 Å². The summed E-state index contributed by atoms with van der Waals surface area (Å²) in [6.07, 6.45) is 2.52. The third-order valence-corrected chi connectivity index (χ3v) is 3.40. The first-order chi connectivity index (χ1) is 9.95. The summed E-state index contributed by atoms with van der Waals surface area (Å²) < 4.78 is 19.6. The van der Waals surface area contributed by atoms with Crippen LogP contribution in [0.2, 0.25) is 0 Å². The number of halogens is 2. The Morgan fingerprint density at radius 1 is 1.24 bits per heavy atom. The molecule has 0 spiro atoms. The van der Waals surface area contributed by atoms with Gasteiger partial charge in [0.2, 0.25) is 0 Å². The Balaban J connectivity index is 2.33. The summed E-state index contributed by atoms with van der Waals surface area (Å²) in [7, 11) is 0. The minimum Gasteiger partial charge on any atom is -0.478 e. The summed E-state index contributed by atoms with van der Waals surface area (Å²) in [6.45, 7) is 1.85. The molecule has 0 unspecified atom stereocenters. The first-order valence-corrected chi connectivity index (χ1v) is 6.89. The maximum absolute atomic E-state index is 13.3. The molecule has 0 aromatic heterocycles. The van der Waals surface area contributed by atoms with Gasteiger partial charge < -0.3 is 9.84 Å². The minimum atomic E-state index is -1.02. The number of aryl methyl sites for hydroxylation is 1. The zero-order chi connectivity index (χ0) is 15.4. The third kappa shape index (κ3) is 4.16. The molecule has 108 valence electrons. The van der Waals surface area contributed by atoms with E-state index in [4.69, 9.17) is 9.84 Å². The Kier molecular flexibility index (Phi) is 4.75. The SMILES string of the molecule is Cc1ccc(/C=C/C(=O)O)cc1Oc1cc(F)ccc1Br. The zero-order valence-corrected chi connectivity index (χ0v) is 12.7. The molecule has 0 aliphatic rings. The molecule has 0 heterocycles. The predicted molar refractivity (Wildman–Crippen MR) is 82.0 cm³/mol. The van der Waals surface area contributed by atoms with Crippen molar-refractivity contribution < 1.29 is 19.0 Å². The highest BCUT2D eigenvalue weighted by Gasteiger charge is 2.07. The number of hydrogen-bond acceptors (Lipinski definition) is 2. The van der Waals surface area contributed by atoms with E-state index in [0.717, 1.165) is 11.6 Å². The molecule has 0 aliphatic carbocycles. The number of carboxylic acids is 1. The molecule has 2 aromatic rings. The molecule has 0 bridgehead atoms. The van der Waals surface area contributed by atoms with E-state index in [2.05, 4.69) is 15.9 Å². The minimum absolute atomic E-state index is 0.359. The molecule has 3 nitrogen and oxygen atoms in total. The molecule has 0 amide bonds. The van der Waals surface area contributed by atoms with E-state index in [1.807, 2.05) is 13.0 Å². The van der Waals surface area contributed by atoms with Gasteiger partial charge in [-0.1, -0.05) is 12.1 Å². The fourth-order valence-corrected chi connectivity index (χ4v) is 2.00. The Bertz CT molecular complexity index is 711. The van der Waals surface area contributed by atoms with Crippen LogP contribution in [0.4, 0.5) is 4.39 Å². The number of benzene rings is 2. The van der Waals surface area contributed by atoms with Gasteiger partial charge in [-0.15, -0.1) is 0 Å². The van der Waals surface area contributed by atoms with E-state index in [9.17, 15) is 9.18 Å². The van der Waals surface area contributed by atoms with E-state index in [1.54, 1.807) is 18.2 Å². The molecule has 0 fully saturated rings. The fraction of sp³-hybridized carbons (Fsp3) is 0.0625. The lowest BCUT2D eigenvalue weighted by Gasteiger charge is -2.11. The number of carbonyl (C=O) groups is 1. The van der Waals surface area contributed by atoms with Crippen molar-refractivity contribution >= 4 is 28.0 Å². The number of carboxylic acid groups (broad SMARTS) is 1. The Labute approximate surface area is 129 Å². The largest absolute Gasteiger partial charge is 0.478 e. The summed E-state index contributed by atoms with van der Waals surface area (Å²) in [5.41, 5.74) is 1.55. The lowest BCUT2D eigenvalue weighted by Crippen LogP contribution is -1.91. The van der Waals surface area contributed by atoms with Crippen molar-refractivity contribution in [3.05, 3.63) is 63.9 Å². The van der Waals surface area contributed by atoms with Gasteiger partial charge in [0.15, 0.2) is 0 Å². The second-order valence-corrected chi connectivity index (χ2v) is 5.23. The van der Waals surface area contributed by atoms with Crippen LogP contribution < -0.4 is 4.74 Å². The summed E-state index contributed by atoms with van der Waals surface area (Å²) in [4.78, 5) is 10.5. The van der Waals surface area contributed by atoms with E-state index in [-0.39, 0.29) is 0 Å². The number of ether oxygens (including phenoxy) is 1. The standard InChI is InChI=1S/C16H12BrFO3/c1-10-2-3-11(4-7-16(19)20)8-14(10)21-15-9-12(18)5-6-13(15)17/h2-9H,1H3,(H,19,20)/b7-4+. The van der Waals surface area contributed by atoms with E-state index < -0.39 is 11.8 Å². The molecule has 0 radical (unpaired) electrons. The molecule has 21 heavy (non-hydrogen) atoms. The lowest BCUT2D eigenvalue weighted by molar-refractivity contribution is -0.131. The van der Waals surface area contributed by atoms with Gasteiger partial charge in [-0.3, -0.25) is 0 Å². The van der Waals surface area contributed by atoms with Crippen LogP contribution in [0.5, 0.6) is 11.5 Å². The van der Waals surface area contributed by atoms with Crippen LogP contribution in [-0.2, 0) is 4.79 Å². The smallest absolute Gasteiger partial charge is 0.328 e. The number of rotatable bonds is 4. The molecule has 5 heteroatoms. The Morgan fingerprint density at radius 2 is 2.00 bits per heavy atom. The van der Waals surface area contributed by atoms with Gasteiger partial charge in [0.1, 0.15) is 17.3 Å². The van der Waals surface area contributed by atoms with Gasteiger partial charge in [-0.25, -0.2) is 9.18 Å². The first-order valence-electron chi connectivity index (χ1n) is 6.10. The summed E-state index contributed by atoms with van der Waals surface area (Å²) in [5.74, 6) is -0.523. The van der Waals surface area contributed by atoms with Gasteiger partial charge in [0.05, 0.1) is 4.47 Å². The topological polar surface area (TPSA) is 46.5 Å². The molecule has 0 saturated heterocycles. The first kappa shape index (κ1) is 15.3. The quantitative estimate of drug-likeness (QED) is 0.806. The Hall–Kier alpha value is -2.14. The summed E-state index contributed by atoms with van der Waals surface area (Å²) in [5, 5.41) is 8.63. The average Bonchev–Trinajstić information content (AvgIpc) is 2.43. The predicted octanol–water partition coefficient (Wildman–Crippen LogP) is 4.79.